The molecule has 2 N–H and O–H groups in total. The second-order valence-electron chi connectivity index (χ2n) is 10.1. The lowest BCUT2D eigenvalue weighted by molar-refractivity contribution is -0.144. The number of nitrogens with zero attached hydrogens (tertiary/aromatic N) is 1. The quantitative estimate of drug-likeness (QED) is 0.184. The maximum atomic E-state index is 16.1. The summed E-state index contributed by atoms with van der Waals surface area (Å²) in [6.07, 6.45) is 1.11. The number of halogens is 4. The Balaban J connectivity index is 2.08. The first-order valence-electron chi connectivity index (χ1n) is 13.7. The molecule has 0 aliphatic heterocycles. The van der Waals surface area contributed by atoms with Crippen LogP contribution in [0.2, 0.25) is 0 Å². The van der Waals surface area contributed by atoms with Gasteiger partial charge in [-0.3, -0.25) is 19.2 Å². The first kappa shape index (κ1) is 33.0. The van der Waals surface area contributed by atoms with E-state index >= 15 is 13.2 Å². The average Bonchev–Trinajstić information content (AvgIpc) is 2.92. The minimum Gasteiger partial charge on any atom is -0.466 e. The highest BCUT2D eigenvalue weighted by atomic mass is 19.2. The summed E-state index contributed by atoms with van der Waals surface area (Å²) in [5, 5.41) is 4.83. The summed E-state index contributed by atoms with van der Waals surface area (Å²) < 4.78 is 66.5. The molecule has 0 saturated heterocycles. The van der Waals surface area contributed by atoms with Gasteiger partial charge in [-0.25, -0.2) is 17.6 Å². The van der Waals surface area contributed by atoms with Crippen molar-refractivity contribution in [2.24, 2.45) is 7.05 Å². The van der Waals surface area contributed by atoms with Gasteiger partial charge in [-0.05, 0) is 74.2 Å². The zero-order chi connectivity index (χ0) is 32.0. The van der Waals surface area contributed by atoms with E-state index in [1.807, 2.05) is 0 Å². The van der Waals surface area contributed by atoms with Gasteiger partial charge in [-0.1, -0.05) is 13.3 Å². The molecule has 0 saturated carbocycles. The number of rotatable bonds is 11. The number of hydrogen-bond donors (Lipinski definition) is 2. The lowest BCUT2D eigenvalue weighted by Gasteiger charge is -2.25. The molecule has 0 bridgehead atoms. The number of ether oxygens (including phenoxy) is 1. The number of amides is 2. The fraction of sp³-hybridized carbons (Fsp3) is 0.355. The van der Waals surface area contributed by atoms with Crippen LogP contribution < -0.4 is 16.2 Å². The van der Waals surface area contributed by atoms with Crippen molar-refractivity contribution in [3.05, 3.63) is 92.4 Å². The van der Waals surface area contributed by atoms with Crippen LogP contribution in [0.5, 0.6) is 0 Å². The summed E-state index contributed by atoms with van der Waals surface area (Å²) in [6.45, 7) is 6.10. The van der Waals surface area contributed by atoms with E-state index < -0.39 is 76.2 Å². The fourth-order valence-corrected chi connectivity index (χ4v) is 4.89. The van der Waals surface area contributed by atoms with Crippen molar-refractivity contribution in [2.75, 3.05) is 6.61 Å². The first-order chi connectivity index (χ1) is 20.3. The number of esters is 1. The molecular formula is C31H33F4N3O5. The number of aromatic nitrogens is 1. The Kier molecular flexibility index (Phi) is 10.8. The molecule has 43 heavy (non-hydrogen) atoms. The van der Waals surface area contributed by atoms with E-state index in [0.717, 1.165) is 12.1 Å². The SMILES string of the molecule is CCC[C@H](NC(=O)c1cccn(C)c1=O)C(=O)N[C@@H](CC(=O)OCC)c1c(F)c(F)cc(-c2c(C)cc(F)cc2C)c1F. The molecule has 3 rings (SSSR count). The van der Waals surface area contributed by atoms with Gasteiger partial charge in [0.15, 0.2) is 11.6 Å². The predicted octanol–water partition coefficient (Wildman–Crippen LogP) is 4.93. The van der Waals surface area contributed by atoms with Gasteiger partial charge in [0.1, 0.15) is 23.2 Å². The maximum Gasteiger partial charge on any atom is 0.308 e. The van der Waals surface area contributed by atoms with Crippen LogP contribution in [-0.2, 0) is 21.4 Å². The van der Waals surface area contributed by atoms with Gasteiger partial charge in [0.25, 0.3) is 11.5 Å². The Morgan fingerprint density at radius 3 is 2.23 bits per heavy atom. The van der Waals surface area contributed by atoms with Crippen molar-refractivity contribution in [1.82, 2.24) is 15.2 Å². The van der Waals surface area contributed by atoms with Crippen molar-refractivity contribution in [1.29, 1.82) is 0 Å². The highest BCUT2D eigenvalue weighted by molar-refractivity contribution is 5.97. The molecule has 0 unspecified atom stereocenters. The Hall–Kier alpha value is -4.48. The number of carbonyl (C=O) groups is 3. The molecule has 230 valence electrons. The smallest absolute Gasteiger partial charge is 0.308 e. The number of benzene rings is 2. The van der Waals surface area contributed by atoms with Gasteiger partial charge < -0.3 is 19.9 Å². The fourth-order valence-electron chi connectivity index (χ4n) is 4.89. The molecule has 12 heteroatoms. The minimum absolute atomic E-state index is 0.0597. The normalized spacial score (nSPS) is 12.4. The zero-order valence-corrected chi connectivity index (χ0v) is 24.4. The summed E-state index contributed by atoms with van der Waals surface area (Å²) in [6, 6.07) is 2.55. The molecule has 0 radical (unpaired) electrons. The maximum absolute atomic E-state index is 16.1. The molecule has 0 spiro atoms. The topological polar surface area (TPSA) is 107 Å². The number of aryl methyl sites for hydroxylation is 3. The third-order valence-electron chi connectivity index (χ3n) is 6.87. The Labute approximate surface area is 246 Å². The number of pyridine rings is 1. The van der Waals surface area contributed by atoms with Gasteiger partial charge in [-0.15, -0.1) is 0 Å². The zero-order valence-electron chi connectivity index (χ0n) is 24.4. The largest absolute Gasteiger partial charge is 0.466 e. The lowest BCUT2D eigenvalue weighted by atomic mass is 9.91. The second-order valence-corrected chi connectivity index (χ2v) is 10.1. The highest BCUT2D eigenvalue weighted by Gasteiger charge is 2.32. The number of hydrogen-bond acceptors (Lipinski definition) is 5. The van der Waals surface area contributed by atoms with Crippen LogP contribution in [-0.4, -0.2) is 35.0 Å². The molecule has 3 aromatic rings. The van der Waals surface area contributed by atoms with Crippen LogP contribution in [0.1, 0.15) is 66.2 Å². The van der Waals surface area contributed by atoms with Crippen molar-refractivity contribution in [2.45, 2.75) is 59.0 Å². The Bertz CT molecular complexity index is 1580. The van der Waals surface area contributed by atoms with E-state index in [4.69, 9.17) is 4.74 Å². The van der Waals surface area contributed by atoms with E-state index in [1.54, 1.807) is 6.92 Å². The molecule has 2 atom stereocenters. The van der Waals surface area contributed by atoms with Crippen LogP contribution in [0.4, 0.5) is 17.6 Å². The monoisotopic (exact) mass is 603 g/mol. The van der Waals surface area contributed by atoms with Crippen molar-refractivity contribution in [3.63, 3.8) is 0 Å². The van der Waals surface area contributed by atoms with E-state index in [1.165, 1.54) is 50.7 Å². The third kappa shape index (κ3) is 7.49. The van der Waals surface area contributed by atoms with Crippen LogP contribution >= 0.6 is 0 Å². The van der Waals surface area contributed by atoms with Gasteiger partial charge >= 0.3 is 5.97 Å². The Morgan fingerprint density at radius 2 is 1.63 bits per heavy atom. The lowest BCUT2D eigenvalue weighted by Crippen LogP contribution is -2.49. The van der Waals surface area contributed by atoms with Crippen molar-refractivity contribution < 1.29 is 36.7 Å². The first-order valence-corrected chi connectivity index (χ1v) is 13.7. The second kappa shape index (κ2) is 14.1. The van der Waals surface area contributed by atoms with Gasteiger partial charge in [-0.2, -0.15) is 0 Å². The minimum atomic E-state index is -1.76. The summed E-state index contributed by atoms with van der Waals surface area (Å²) in [7, 11) is 1.45. The van der Waals surface area contributed by atoms with Crippen molar-refractivity contribution >= 4 is 17.8 Å². The van der Waals surface area contributed by atoms with E-state index in [-0.39, 0.29) is 35.3 Å². The van der Waals surface area contributed by atoms with E-state index in [2.05, 4.69) is 10.6 Å². The summed E-state index contributed by atoms with van der Waals surface area (Å²) in [4.78, 5) is 51.2. The van der Waals surface area contributed by atoms with Crippen LogP contribution in [0, 0.1) is 37.1 Å². The molecule has 0 aliphatic carbocycles. The molecule has 2 amide bonds. The molecular weight excluding hydrogens is 570 g/mol. The predicted molar refractivity (Wildman–Crippen MR) is 151 cm³/mol. The molecule has 8 nitrogen and oxygen atoms in total. The average molecular weight is 604 g/mol. The van der Waals surface area contributed by atoms with E-state index in [9.17, 15) is 23.6 Å². The van der Waals surface area contributed by atoms with Crippen LogP contribution in [0.25, 0.3) is 11.1 Å². The molecule has 1 heterocycles. The summed E-state index contributed by atoms with van der Waals surface area (Å²) >= 11 is 0. The third-order valence-corrected chi connectivity index (χ3v) is 6.87. The Morgan fingerprint density at radius 1 is 0.977 bits per heavy atom. The van der Waals surface area contributed by atoms with Crippen LogP contribution in [0.3, 0.4) is 0 Å². The summed E-state index contributed by atoms with van der Waals surface area (Å²) in [5.41, 5.74) is -1.59. The van der Waals surface area contributed by atoms with Gasteiger partial charge in [0, 0.05) is 18.8 Å². The number of carbonyl (C=O) groups excluding carboxylic acids is 3. The van der Waals surface area contributed by atoms with E-state index in [0.29, 0.717) is 12.5 Å². The summed E-state index contributed by atoms with van der Waals surface area (Å²) in [5.74, 6) is -7.70. The van der Waals surface area contributed by atoms with Crippen molar-refractivity contribution in [3.8, 4) is 11.1 Å². The van der Waals surface area contributed by atoms with Gasteiger partial charge in [0.05, 0.1) is 24.6 Å². The molecule has 0 aliphatic rings. The standard InChI is InChI=1S/C31H33F4N3O5/c1-6-9-22(36-29(40)19-10-8-11-38(5)31(19)42)30(41)37-23(15-24(39)43-7-2)26-27(34)20(14-21(33)28(26)35)25-16(3)12-18(32)13-17(25)4/h8,10-14,22-23H,6-7,9,15H2,1-5H3,(H,36,40)(H,37,41)/t22-,23-/m0/s1. The molecule has 0 fully saturated rings. The van der Waals surface area contributed by atoms with Crippen LogP contribution in [0.15, 0.2) is 41.3 Å². The molecule has 2 aromatic carbocycles. The van der Waals surface area contributed by atoms with Gasteiger partial charge in [0.2, 0.25) is 5.91 Å². The highest BCUT2D eigenvalue weighted by Crippen LogP contribution is 2.36. The number of nitrogens with one attached hydrogen (secondary N) is 2. The molecule has 1 aromatic heterocycles.